The summed E-state index contributed by atoms with van der Waals surface area (Å²) in [6.45, 7) is 7.41. The number of benzene rings is 2. The van der Waals surface area contributed by atoms with Crippen LogP contribution in [0.1, 0.15) is 29.8 Å². The van der Waals surface area contributed by atoms with Gasteiger partial charge in [0, 0.05) is 37.9 Å². The van der Waals surface area contributed by atoms with Crippen LogP contribution in [0.15, 0.2) is 48.5 Å². The quantitative estimate of drug-likeness (QED) is 0.704. The Morgan fingerprint density at radius 3 is 2.45 bits per heavy atom. The number of likely N-dealkylation sites (N-methyl/N-ethyl adjacent to an activating group) is 1. The molecule has 1 aliphatic heterocycles. The first-order valence-corrected chi connectivity index (χ1v) is 10.6. The monoisotopic (exact) mass is 425 g/mol. The third-order valence-electron chi connectivity index (χ3n) is 5.07. The number of carbonyl (C=O) groups excluding carboxylic acids is 2. The van der Waals surface area contributed by atoms with Crippen molar-refractivity contribution in [1.82, 2.24) is 10.2 Å². The predicted octanol–water partition coefficient (Wildman–Crippen LogP) is 2.70. The van der Waals surface area contributed by atoms with Gasteiger partial charge in [0.25, 0.3) is 5.91 Å². The van der Waals surface area contributed by atoms with Gasteiger partial charge < -0.3 is 24.6 Å². The standard InChI is InChI=1S/C24H31N3O4/c1-18(2)31-21-10-8-19(9-11-21)24(29)25-16-23(28)26(3)17-20-6-4-5-7-22(20)27-12-14-30-15-13-27/h4-11,18H,12-17H2,1-3H3,(H,25,29). The molecular weight excluding hydrogens is 394 g/mol. The molecule has 0 aliphatic carbocycles. The highest BCUT2D eigenvalue weighted by atomic mass is 16.5. The molecule has 0 unspecified atom stereocenters. The van der Waals surface area contributed by atoms with Gasteiger partial charge >= 0.3 is 0 Å². The molecule has 0 aromatic heterocycles. The second-order valence-electron chi connectivity index (χ2n) is 7.85. The highest BCUT2D eigenvalue weighted by molar-refractivity contribution is 5.96. The number of ether oxygens (including phenoxy) is 2. The minimum atomic E-state index is -0.286. The van der Waals surface area contributed by atoms with Gasteiger partial charge in [0.15, 0.2) is 0 Å². The lowest BCUT2D eigenvalue weighted by Crippen LogP contribution is -2.39. The molecule has 1 fully saturated rings. The molecule has 0 bridgehead atoms. The minimum absolute atomic E-state index is 0.0562. The van der Waals surface area contributed by atoms with Crippen molar-refractivity contribution in [3.05, 3.63) is 59.7 Å². The summed E-state index contributed by atoms with van der Waals surface area (Å²) >= 11 is 0. The Kier molecular flexibility index (Phi) is 7.89. The predicted molar refractivity (Wildman–Crippen MR) is 120 cm³/mol. The summed E-state index contributed by atoms with van der Waals surface area (Å²) in [6, 6.07) is 15.0. The number of anilines is 1. The highest BCUT2D eigenvalue weighted by Crippen LogP contribution is 2.22. The molecule has 2 aromatic rings. The SMILES string of the molecule is CC(C)Oc1ccc(C(=O)NCC(=O)N(C)Cc2ccccc2N2CCOCC2)cc1. The number of hydrogen-bond acceptors (Lipinski definition) is 5. The summed E-state index contributed by atoms with van der Waals surface area (Å²) < 4.78 is 11.0. The van der Waals surface area contributed by atoms with Gasteiger partial charge in [-0.15, -0.1) is 0 Å². The minimum Gasteiger partial charge on any atom is -0.491 e. The normalized spacial score (nSPS) is 13.7. The van der Waals surface area contributed by atoms with E-state index in [2.05, 4.69) is 16.3 Å². The van der Waals surface area contributed by atoms with Crippen LogP contribution in [-0.2, 0) is 16.1 Å². The topological polar surface area (TPSA) is 71.1 Å². The zero-order valence-electron chi connectivity index (χ0n) is 18.5. The van der Waals surface area contributed by atoms with Crippen LogP contribution in [0.25, 0.3) is 0 Å². The molecule has 2 amide bonds. The van der Waals surface area contributed by atoms with Gasteiger partial charge in [-0.3, -0.25) is 9.59 Å². The van der Waals surface area contributed by atoms with Gasteiger partial charge in [-0.2, -0.15) is 0 Å². The van der Waals surface area contributed by atoms with Crippen molar-refractivity contribution < 1.29 is 19.1 Å². The lowest BCUT2D eigenvalue weighted by Gasteiger charge is -2.31. The summed E-state index contributed by atoms with van der Waals surface area (Å²) in [7, 11) is 1.75. The van der Waals surface area contributed by atoms with Gasteiger partial charge in [0.05, 0.1) is 25.9 Å². The first kappa shape index (κ1) is 22.6. The molecule has 3 rings (SSSR count). The average molecular weight is 426 g/mol. The van der Waals surface area contributed by atoms with E-state index >= 15 is 0 Å². The number of nitrogens with zero attached hydrogens (tertiary/aromatic N) is 2. The van der Waals surface area contributed by atoms with Crippen molar-refractivity contribution in [2.24, 2.45) is 0 Å². The summed E-state index contributed by atoms with van der Waals surface area (Å²) in [6.07, 6.45) is 0.0706. The molecule has 0 saturated carbocycles. The summed E-state index contributed by atoms with van der Waals surface area (Å²) in [5.74, 6) is 0.276. The molecule has 7 heteroatoms. The Morgan fingerprint density at radius 1 is 1.10 bits per heavy atom. The summed E-state index contributed by atoms with van der Waals surface area (Å²) in [5, 5.41) is 2.71. The van der Waals surface area contributed by atoms with Crippen molar-refractivity contribution in [2.75, 3.05) is 44.8 Å². The maximum absolute atomic E-state index is 12.6. The van der Waals surface area contributed by atoms with E-state index in [1.165, 1.54) is 0 Å². The number of carbonyl (C=O) groups is 2. The van der Waals surface area contributed by atoms with E-state index in [1.54, 1.807) is 36.2 Å². The van der Waals surface area contributed by atoms with Crippen LogP contribution in [0.5, 0.6) is 5.75 Å². The number of hydrogen-bond donors (Lipinski definition) is 1. The van der Waals surface area contributed by atoms with Crippen LogP contribution in [-0.4, -0.2) is 62.7 Å². The third kappa shape index (κ3) is 6.46. The van der Waals surface area contributed by atoms with E-state index in [4.69, 9.17) is 9.47 Å². The van der Waals surface area contributed by atoms with Crippen LogP contribution in [0.4, 0.5) is 5.69 Å². The van der Waals surface area contributed by atoms with Crippen molar-refractivity contribution in [2.45, 2.75) is 26.5 Å². The summed E-state index contributed by atoms with van der Waals surface area (Å²) in [5.41, 5.74) is 2.69. The molecule has 2 aromatic carbocycles. The van der Waals surface area contributed by atoms with Crippen LogP contribution in [0.3, 0.4) is 0 Å². The second-order valence-corrected chi connectivity index (χ2v) is 7.85. The van der Waals surface area contributed by atoms with E-state index in [9.17, 15) is 9.59 Å². The average Bonchev–Trinajstić information content (AvgIpc) is 2.78. The fourth-order valence-electron chi connectivity index (χ4n) is 3.45. The number of nitrogens with one attached hydrogen (secondary N) is 1. The highest BCUT2D eigenvalue weighted by Gasteiger charge is 2.17. The van der Waals surface area contributed by atoms with Crippen molar-refractivity contribution in [3.63, 3.8) is 0 Å². The zero-order chi connectivity index (χ0) is 22.2. The fraction of sp³-hybridized carbons (Fsp3) is 0.417. The van der Waals surface area contributed by atoms with Crippen molar-refractivity contribution in [3.8, 4) is 5.75 Å². The van der Waals surface area contributed by atoms with Crippen molar-refractivity contribution >= 4 is 17.5 Å². The smallest absolute Gasteiger partial charge is 0.251 e. The van der Waals surface area contributed by atoms with E-state index in [0.29, 0.717) is 31.1 Å². The number of amides is 2. The lowest BCUT2D eigenvalue weighted by molar-refractivity contribution is -0.129. The molecule has 7 nitrogen and oxygen atoms in total. The molecular formula is C24H31N3O4. The zero-order valence-corrected chi connectivity index (χ0v) is 18.5. The van der Waals surface area contributed by atoms with E-state index in [1.807, 2.05) is 32.0 Å². The Labute approximate surface area is 183 Å². The van der Waals surface area contributed by atoms with Gasteiger partial charge in [-0.25, -0.2) is 0 Å². The fourth-order valence-corrected chi connectivity index (χ4v) is 3.45. The maximum atomic E-state index is 12.6. The Bertz CT molecular complexity index is 877. The van der Waals surface area contributed by atoms with Gasteiger partial charge in [-0.1, -0.05) is 18.2 Å². The van der Waals surface area contributed by atoms with Gasteiger partial charge in [-0.05, 0) is 49.7 Å². The molecule has 0 atom stereocenters. The lowest BCUT2D eigenvalue weighted by atomic mass is 10.1. The third-order valence-corrected chi connectivity index (χ3v) is 5.07. The van der Waals surface area contributed by atoms with E-state index in [0.717, 1.165) is 24.3 Å². The Balaban J connectivity index is 1.53. The number of morpholine rings is 1. The van der Waals surface area contributed by atoms with E-state index in [-0.39, 0.29) is 24.5 Å². The van der Waals surface area contributed by atoms with Gasteiger partial charge in [0.2, 0.25) is 5.91 Å². The van der Waals surface area contributed by atoms with Crippen LogP contribution in [0, 0.1) is 0 Å². The van der Waals surface area contributed by atoms with Crippen molar-refractivity contribution in [1.29, 1.82) is 0 Å². The molecule has 0 radical (unpaired) electrons. The number of para-hydroxylation sites is 1. The maximum Gasteiger partial charge on any atom is 0.251 e. The molecule has 31 heavy (non-hydrogen) atoms. The summed E-state index contributed by atoms with van der Waals surface area (Å²) in [4.78, 5) is 28.9. The largest absolute Gasteiger partial charge is 0.491 e. The van der Waals surface area contributed by atoms with Crippen LogP contribution in [0.2, 0.25) is 0 Å². The molecule has 1 heterocycles. The first-order chi connectivity index (χ1) is 14.9. The van der Waals surface area contributed by atoms with Crippen LogP contribution < -0.4 is 15.0 Å². The molecule has 166 valence electrons. The second kappa shape index (κ2) is 10.8. The molecule has 1 N–H and O–H groups in total. The number of rotatable bonds is 8. The molecule has 1 saturated heterocycles. The Morgan fingerprint density at radius 2 is 1.77 bits per heavy atom. The first-order valence-electron chi connectivity index (χ1n) is 10.6. The molecule has 1 aliphatic rings. The molecule has 0 spiro atoms. The van der Waals surface area contributed by atoms with Gasteiger partial charge in [0.1, 0.15) is 5.75 Å². The Hall–Kier alpha value is -3.06. The van der Waals surface area contributed by atoms with E-state index < -0.39 is 0 Å². The van der Waals surface area contributed by atoms with Crippen LogP contribution >= 0.6 is 0 Å².